The van der Waals surface area contributed by atoms with E-state index in [1.165, 1.54) is 0 Å². The molecule has 25 heavy (non-hydrogen) atoms. The number of carbonyl (C=O) groups is 1. The molecule has 1 amide bonds. The Morgan fingerprint density at radius 2 is 1.84 bits per heavy atom. The molecule has 1 heterocycles. The summed E-state index contributed by atoms with van der Waals surface area (Å²) in [5, 5.41) is 3.38. The van der Waals surface area contributed by atoms with Crippen molar-refractivity contribution in [3.8, 4) is 0 Å². The molecule has 1 aromatic carbocycles. The van der Waals surface area contributed by atoms with Gasteiger partial charge in [0.05, 0.1) is 0 Å². The van der Waals surface area contributed by atoms with E-state index in [1.54, 1.807) is 6.20 Å². The number of amides is 1. The summed E-state index contributed by atoms with van der Waals surface area (Å²) in [7, 11) is 0. The van der Waals surface area contributed by atoms with E-state index in [9.17, 15) is 4.79 Å². The molecule has 0 saturated carbocycles. The van der Waals surface area contributed by atoms with Crippen LogP contribution in [-0.2, 0) is 6.54 Å². The number of rotatable bonds is 8. The molecule has 0 aliphatic heterocycles. The van der Waals surface area contributed by atoms with Crippen molar-refractivity contribution in [3.63, 3.8) is 0 Å². The Morgan fingerprint density at radius 3 is 2.48 bits per heavy atom. The van der Waals surface area contributed by atoms with E-state index in [-0.39, 0.29) is 11.9 Å². The molecule has 1 aromatic heterocycles. The lowest BCUT2D eigenvalue weighted by molar-refractivity contribution is 0.0684. The van der Waals surface area contributed by atoms with Gasteiger partial charge in [-0.05, 0) is 43.9 Å². The average Bonchev–Trinajstić information content (AvgIpc) is 2.60. The molecule has 0 aliphatic rings. The maximum atomic E-state index is 13.0. The van der Waals surface area contributed by atoms with Crippen LogP contribution in [-0.4, -0.2) is 28.4 Å². The Kier molecular flexibility index (Phi) is 6.99. The van der Waals surface area contributed by atoms with Crippen molar-refractivity contribution < 1.29 is 4.79 Å². The minimum atomic E-state index is -0.0358. The van der Waals surface area contributed by atoms with Crippen LogP contribution in [0.4, 0.5) is 5.69 Å². The molecule has 2 rings (SSSR count). The second kappa shape index (κ2) is 9.21. The van der Waals surface area contributed by atoms with Gasteiger partial charge in [0.25, 0.3) is 5.91 Å². The van der Waals surface area contributed by atoms with Crippen molar-refractivity contribution in [2.24, 2.45) is 5.92 Å². The SMILES string of the molecule is CC(C)CCNc1ccnc(C(=O)N(Cc2ccccc2)C(C)C)c1. The van der Waals surface area contributed by atoms with Gasteiger partial charge in [0, 0.05) is 31.0 Å². The minimum absolute atomic E-state index is 0.0358. The first-order chi connectivity index (χ1) is 12.0. The number of nitrogens with zero attached hydrogens (tertiary/aromatic N) is 2. The Labute approximate surface area is 151 Å². The maximum absolute atomic E-state index is 13.0. The van der Waals surface area contributed by atoms with Gasteiger partial charge < -0.3 is 10.2 Å². The molecule has 4 heteroatoms. The highest BCUT2D eigenvalue weighted by Gasteiger charge is 2.20. The second-order valence-electron chi connectivity index (χ2n) is 7.05. The summed E-state index contributed by atoms with van der Waals surface area (Å²) in [4.78, 5) is 19.1. The first-order valence-corrected chi connectivity index (χ1v) is 9.02. The van der Waals surface area contributed by atoms with Crippen LogP contribution in [0.5, 0.6) is 0 Å². The van der Waals surface area contributed by atoms with Gasteiger partial charge in [0.2, 0.25) is 0 Å². The number of hydrogen-bond acceptors (Lipinski definition) is 3. The summed E-state index contributed by atoms with van der Waals surface area (Å²) in [6.45, 7) is 9.95. The topological polar surface area (TPSA) is 45.2 Å². The van der Waals surface area contributed by atoms with Gasteiger partial charge >= 0.3 is 0 Å². The van der Waals surface area contributed by atoms with E-state index >= 15 is 0 Å². The van der Waals surface area contributed by atoms with Crippen LogP contribution < -0.4 is 5.32 Å². The van der Waals surface area contributed by atoms with Crippen molar-refractivity contribution in [2.45, 2.75) is 46.7 Å². The second-order valence-corrected chi connectivity index (χ2v) is 7.05. The summed E-state index contributed by atoms with van der Waals surface area (Å²) in [5.41, 5.74) is 2.55. The summed E-state index contributed by atoms with van der Waals surface area (Å²) in [6.07, 6.45) is 2.80. The van der Waals surface area contributed by atoms with E-state index in [2.05, 4.69) is 24.1 Å². The van der Waals surface area contributed by atoms with Crippen molar-refractivity contribution in [3.05, 3.63) is 59.9 Å². The van der Waals surface area contributed by atoms with E-state index in [4.69, 9.17) is 0 Å². The number of pyridine rings is 1. The van der Waals surface area contributed by atoms with E-state index in [0.717, 1.165) is 24.2 Å². The number of carbonyl (C=O) groups excluding carboxylic acids is 1. The standard InChI is InChI=1S/C21H29N3O/c1-16(2)10-12-22-19-11-13-23-20(14-19)21(25)24(17(3)4)15-18-8-6-5-7-9-18/h5-9,11,13-14,16-17H,10,12,15H2,1-4H3,(H,22,23). The molecule has 0 atom stereocenters. The first kappa shape index (κ1) is 19.0. The molecule has 0 aliphatic carbocycles. The van der Waals surface area contributed by atoms with Crippen LogP contribution in [0, 0.1) is 5.92 Å². The monoisotopic (exact) mass is 339 g/mol. The minimum Gasteiger partial charge on any atom is -0.385 e. The highest BCUT2D eigenvalue weighted by atomic mass is 16.2. The van der Waals surface area contributed by atoms with Crippen molar-refractivity contribution in [1.29, 1.82) is 0 Å². The zero-order valence-electron chi connectivity index (χ0n) is 15.7. The molecule has 2 aromatic rings. The van der Waals surface area contributed by atoms with Crippen LogP contribution >= 0.6 is 0 Å². The van der Waals surface area contributed by atoms with Gasteiger partial charge in [-0.3, -0.25) is 9.78 Å². The number of benzene rings is 1. The third-order valence-corrected chi connectivity index (χ3v) is 4.11. The Balaban J connectivity index is 2.10. The normalized spacial score (nSPS) is 11.0. The molecule has 0 unspecified atom stereocenters. The lowest BCUT2D eigenvalue weighted by atomic mass is 10.1. The Bertz CT molecular complexity index is 668. The molecule has 0 saturated heterocycles. The highest BCUT2D eigenvalue weighted by molar-refractivity contribution is 5.93. The predicted octanol–water partition coefficient (Wildman–Crippen LogP) is 4.59. The summed E-state index contributed by atoms with van der Waals surface area (Å²) in [6, 6.07) is 13.9. The molecular weight excluding hydrogens is 310 g/mol. The third kappa shape index (κ3) is 5.89. The summed E-state index contributed by atoms with van der Waals surface area (Å²) < 4.78 is 0. The van der Waals surface area contributed by atoms with Gasteiger partial charge in [-0.25, -0.2) is 0 Å². The van der Waals surface area contributed by atoms with Crippen LogP contribution in [0.2, 0.25) is 0 Å². The third-order valence-electron chi connectivity index (χ3n) is 4.11. The predicted molar refractivity (Wildman–Crippen MR) is 104 cm³/mol. The summed E-state index contributed by atoms with van der Waals surface area (Å²) in [5.74, 6) is 0.615. The van der Waals surface area contributed by atoms with Crippen LogP contribution in [0.15, 0.2) is 48.7 Å². The van der Waals surface area contributed by atoms with Crippen LogP contribution in [0.25, 0.3) is 0 Å². The fourth-order valence-electron chi connectivity index (χ4n) is 2.58. The van der Waals surface area contributed by atoms with Crippen molar-refractivity contribution in [1.82, 2.24) is 9.88 Å². The quantitative estimate of drug-likeness (QED) is 0.765. The van der Waals surface area contributed by atoms with Gasteiger partial charge in [0.1, 0.15) is 5.69 Å². The molecular formula is C21H29N3O. The number of aromatic nitrogens is 1. The largest absolute Gasteiger partial charge is 0.385 e. The Morgan fingerprint density at radius 1 is 1.12 bits per heavy atom. The Hall–Kier alpha value is -2.36. The van der Waals surface area contributed by atoms with Gasteiger partial charge in [-0.15, -0.1) is 0 Å². The molecule has 0 spiro atoms. The summed E-state index contributed by atoms with van der Waals surface area (Å²) >= 11 is 0. The molecule has 0 radical (unpaired) electrons. The van der Waals surface area contributed by atoms with Gasteiger partial charge in [-0.2, -0.15) is 0 Å². The zero-order chi connectivity index (χ0) is 18.2. The number of nitrogens with one attached hydrogen (secondary N) is 1. The van der Waals surface area contributed by atoms with Crippen molar-refractivity contribution >= 4 is 11.6 Å². The molecule has 0 bridgehead atoms. The van der Waals surface area contributed by atoms with Gasteiger partial charge in [0.15, 0.2) is 0 Å². The average molecular weight is 339 g/mol. The lowest BCUT2D eigenvalue weighted by Crippen LogP contribution is -2.36. The molecule has 134 valence electrons. The fraction of sp³-hybridized carbons (Fsp3) is 0.429. The smallest absolute Gasteiger partial charge is 0.273 e. The molecule has 0 fully saturated rings. The van der Waals surface area contributed by atoms with Crippen LogP contribution in [0.3, 0.4) is 0 Å². The number of anilines is 1. The van der Waals surface area contributed by atoms with Gasteiger partial charge in [-0.1, -0.05) is 44.2 Å². The van der Waals surface area contributed by atoms with E-state index < -0.39 is 0 Å². The maximum Gasteiger partial charge on any atom is 0.273 e. The number of hydrogen-bond donors (Lipinski definition) is 1. The van der Waals surface area contributed by atoms with E-state index in [0.29, 0.717) is 18.2 Å². The molecule has 4 nitrogen and oxygen atoms in total. The zero-order valence-corrected chi connectivity index (χ0v) is 15.7. The lowest BCUT2D eigenvalue weighted by Gasteiger charge is -2.26. The van der Waals surface area contributed by atoms with Crippen LogP contribution in [0.1, 0.15) is 50.2 Å². The van der Waals surface area contributed by atoms with E-state index in [1.807, 2.05) is 61.2 Å². The fourth-order valence-corrected chi connectivity index (χ4v) is 2.58. The van der Waals surface area contributed by atoms with Crippen molar-refractivity contribution in [2.75, 3.05) is 11.9 Å². The molecule has 1 N–H and O–H groups in total. The first-order valence-electron chi connectivity index (χ1n) is 9.02. The highest BCUT2D eigenvalue weighted by Crippen LogP contribution is 2.15.